The van der Waals surface area contributed by atoms with Gasteiger partial charge >= 0.3 is 12.2 Å². The third-order valence-corrected chi connectivity index (χ3v) is 10.4. The molecule has 0 unspecified atom stereocenters. The minimum atomic E-state index is -0.687. The predicted molar refractivity (Wildman–Crippen MR) is 203 cm³/mol. The van der Waals surface area contributed by atoms with Crippen molar-refractivity contribution in [3.63, 3.8) is 0 Å². The number of imidazole rings is 2. The number of carbonyl (C=O) groups is 4. The number of likely N-dealkylation sites (tertiary alicyclic amines) is 2. The Bertz CT molecular complexity index is 1800. The Morgan fingerprint density at radius 3 is 1.31 bits per heavy atom. The van der Waals surface area contributed by atoms with Crippen molar-refractivity contribution in [1.82, 2.24) is 40.4 Å². The second-order valence-electron chi connectivity index (χ2n) is 14.6. The maximum Gasteiger partial charge on any atom is 0.407 e. The van der Waals surface area contributed by atoms with Crippen molar-refractivity contribution in [2.45, 2.75) is 77.5 Å². The fourth-order valence-electron chi connectivity index (χ4n) is 7.38. The number of carbonyl (C=O) groups excluding carboxylic acids is 4. The normalized spacial score (nSPS) is 18.1. The summed E-state index contributed by atoms with van der Waals surface area (Å²) in [5.74, 6) is 0.955. The molecule has 4 N–H and O–H groups in total. The van der Waals surface area contributed by atoms with Gasteiger partial charge in [0.2, 0.25) is 11.8 Å². The van der Waals surface area contributed by atoms with Crippen LogP contribution >= 0.6 is 0 Å². The van der Waals surface area contributed by atoms with Crippen molar-refractivity contribution in [1.29, 1.82) is 0 Å². The summed E-state index contributed by atoms with van der Waals surface area (Å²) in [7, 11) is 2.58. The Labute approximate surface area is 315 Å². The van der Waals surface area contributed by atoms with Crippen molar-refractivity contribution >= 4 is 24.0 Å². The molecule has 4 heterocycles. The number of alkyl carbamates (subject to hydrolysis) is 2. The van der Waals surface area contributed by atoms with E-state index in [9.17, 15) is 19.2 Å². The van der Waals surface area contributed by atoms with Crippen LogP contribution in [0.2, 0.25) is 0 Å². The Hall–Kier alpha value is -5.66. The molecule has 4 amide bonds. The highest BCUT2D eigenvalue weighted by Gasteiger charge is 2.39. The molecule has 2 aliphatic heterocycles. The lowest BCUT2D eigenvalue weighted by molar-refractivity contribution is -0.136. The molecule has 14 heteroatoms. The van der Waals surface area contributed by atoms with E-state index < -0.39 is 24.3 Å². The molecule has 0 saturated carbocycles. The number of rotatable bonds is 11. The molecule has 286 valence electrons. The third-order valence-electron chi connectivity index (χ3n) is 10.4. The Balaban J connectivity index is 1.11. The van der Waals surface area contributed by atoms with Crippen LogP contribution in [0.3, 0.4) is 0 Å². The summed E-state index contributed by atoms with van der Waals surface area (Å²) in [6, 6.07) is 14.7. The number of aromatic nitrogens is 4. The number of H-pyrrole nitrogens is 2. The summed E-state index contributed by atoms with van der Waals surface area (Å²) in [6.07, 6.45) is 5.61. The van der Waals surface area contributed by atoms with Crippen LogP contribution in [0.5, 0.6) is 0 Å². The number of amides is 4. The average Bonchev–Trinajstić information content (AvgIpc) is 4.02. The number of nitrogens with one attached hydrogen (secondary N) is 4. The van der Waals surface area contributed by atoms with Crippen LogP contribution in [0, 0.1) is 11.8 Å². The molecule has 0 bridgehead atoms. The van der Waals surface area contributed by atoms with Gasteiger partial charge in [0.15, 0.2) is 0 Å². The van der Waals surface area contributed by atoms with E-state index in [2.05, 4.69) is 54.8 Å². The summed E-state index contributed by atoms with van der Waals surface area (Å²) in [4.78, 5) is 70.7. The molecule has 2 fully saturated rings. The van der Waals surface area contributed by atoms with Crippen LogP contribution in [0.1, 0.15) is 77.1 Å². The quantitative estimate of drug-likeness (QED) is 0.140. The highest BCUT2D eigenvalue weighted by atomic mass is 16.5. The van der Waals surface area contributed by atoms with E-state index in [0.29, 0.717) is 13.1 Å². The van der Waals surface area contributed by atoms with E-state index in [1.54, 1.807) is 22.2 Å². The van der Waals surface area contributed by atoms with Crippen LogP contribution in [-0.2, 0) is 19.1 Å². The SMILES string of the molecule is COC(=O)N[C@H](C(=O)N1CCC[C@H]1c1ncc(-c2ccc(-c3ccc(-c4cnc([C@@H]5CCCN5C(=O)[C@H](NC(=O)OC)C(C)C)[nH]4)cc3)cc2)[nH]1)C(C)C. The minimum Gasteiger partial charge on any atom is -0.453 e. The van der Waals surface area contributed by atoms with E-state index in [1.165, 1.54) is 14.2 Å². The van der Waals surface area contributed by atoms with E-state index in [0.717, 1.165) is 71.0 Å². The Morgan fingerprint density at radius 2 is 0.981 bits per heavy atom. The van der Waals surface area contributed by atoms with E-state index in [4.69, 9.17) is 9.47 Å². The molecular weight excluding hydrogens is 688 g/mol. The van der Waals surface area contributed by atoms with Crippen LogP contribution in [-0.4, -0.2) is 93.1 Å². The molecule has 0 spiro atoms. The van der Waals surface area contributed by atoms with Crippen molar-refractivity contribution in [2.75, 3.05) is 27.3 Å². The number of hydrogen-bond donors (Lipinski definition) is 4. The van der Waals surface area contributed by atoms with Crippen LogP contribution in [0.15, 0.2) is 60.9 Å². The molecule has 14 nitrogen and oxygen atoms in total. The Kier molecular flexibility index (Phi) is 11.7. The van der Waals surface area contributed by atoms with Crippen molar-refractivity contribution < 1.29 is 28.7 Å². The zero-order chi connectivity index (χ0) is 38.5. The zero-order valence-corrected chi connectivity index (χ0v) is 31.7. The molecule has 2 saturated heterocycles. The first-order chi connectivity index (χ1) is 26.0. The first kappa shape index (κ1) is 38.1. The highest BCUT2D eigenvalue weighted by Crippen LogP contribution is 2.35. The van der Waals surface area contributed by atoms with Gasteiger partial charge in [0.05, 0.1) is 50.1 Å². The molecule has 6 rings (SSSR count). The number of aromatic amines is 2. The van der Waals surface area contributed by atoms with Gasteiger partial charge in [0.25, 0.3) is 0 Å². The number of hydrogen-bond acceptors (Lipinski definition) is 8. The zero-order valence-electron chi connectivity index (χ0n) is 31.7. The van der Waals surface area contributed by atoms with Gasteiger partial charge in [-0.2, -0.15) is 0 Å². The van der Waals surface area contributed by atoms with Crippen LogP contribution in [0.25, 0.3) is 33.6 Å². The summed E-state index contributed by atoms with van der Waals surface area (Å²) >= 11 is 0. The van der Waals surface area contributed by atoms with Crippen LogP contribution in [0.4, 0.5) is 9.59 Å². The van der Waals surface area contributed by atoms with E-state index in [-0.39, 0.29) is 35.7 Å². The maximum atomic E-state index is 13.5. The van der Waals surface area contributed by atoms with Gasteiger partial charge in [-0.1, -0.05) is 76.2 Å². The maximum absolute atomic E-state index is 13.5. The van der Waals surface area contributed by atoms with Gasteiger partial charge < -0.3 is 39.9 Å². The number of nitrogens with zero attached hydrogens (tertiary/aromatic N) is 4. The Morgan fingerprint density at radius 1 is 0.630 bits per heavy atom. The number of benzene rings is 2. The third kappa shape index (κ3) is 8.12. The van der Waals surface area contributed by atoms with Gasteiger partial charge in [-0.3, -0.25) is 9.59 Å². The molecule has 2 aromatic carbocycles. The lowest BCUT2D eigenvalue weighted by atomic mass is 10.0. The minimum absolute atomic E-state index is 0.104. The topological polar surface area (TPSA) is 175 Å². The van der Waals surface area contributed by atoms with Crippen molar-refractivity contribution in [2.24, 2.45) is 11.8 Å². The highest BCUT2D eigenvalue weighted by molar-refractivity contribution is 5.87. The molecule has 4 aromatic rings. The fourth-order valence-corrected chi connectivity index (χ4v) is 7.38. The van der Waals surface area contributed by atoms with Gasteiger partial charge in [-0.15, -0.1) is 0 Å². The second kappa shape index (κ2) is 16.6. The standard InChI is InChI=1S/C40H50N8O6/c1-23(2)33(45-39(51)53-5)37(49)47-19-7-9-31(47)35-41-21-29(43-35)27-15-11-25(12-16-27)26-13-17-28(18-14-26)30-22-42-36(44-30)32-10-8-20-48(32)38(50)34(24(3)4)46-40(52)54-6/h11-18,21-24,31-34H,7-10,19-20H2,1-6H3,(H,41,43)(H,42,44)(H,45,51)(H,46,52)/t31-,32-,33-,34+/m0/s1. The smallest absolute Gasteiger partial charge is 0.407 e. The summed E-state index contributed by atoms with van der Waals surface area (Å²) < 4.78 is 9.50. The molecule has 2 aromatic heterocycles. The van der Waals surface area contributed by atoms with Crippen molar-refractivity contribution in [3.05, 3.63) is 72.6 Å². The van der Waals surface area contributed by atoms with Crippen molar-refractivity contribution in [3.8, 4) is 33.6 Å². The summed E-state index contributed by atoms with van der Waals surface area (Å²) in [6.45, 7) is 8.78. The molecule has 2 aliphatic rings. The van der Waals surface area contributed by atoms with Gasteiger partial charge in [0, 0.05) is 13.1 Å². The summed E-state index contributed by atoms with van der Waals surface area (Å²) in [5, 5.41) is 5.38. The van der Waals surface area contributed by atoms with Crippen LogP contribution < -0.4 is 10.6 Å². The number of methoxy groups -OCH3 is 2. The first-order valence-electron chi connectivity index (χ1n) is 18.6. The second-order valence-corrected chi connectivity index (χ2v) is 14.6. The first-order valence-corrected chi connectivity index (χ1v) is 18.6. The number of ether oxygens (including phenoxy) is 2. The van der Waals surface area contributed by atoms with E-state index in [1.807, 2.05) is 52.0 Å². The molecule has 54 heavy (non-hydrogen) atoms. The molecule has 0 radical (unpaired) electrons. The van der Waals surface area contributed by atoms with Gasteiger partial charge in [-0.05, 0) is 59.8 Å². The predicted octanol–water partition coefficient (Wildman–Crippen LogP) is 6.22. The fraction of sp³-hybridized carbons (Fsp3) is 0.450. The monoisotopic (exact) mass is 738 g/mol. The molecular formula is C40H50N8O6. The summed E-state index contributed by atoms with van der Waals surface area (Å²) in [5.41, 5.74) is 5.78. The molecule has 0 aliphatic carbocycles. The van der Waals surface area contributed by atoms with E-state index >= 15 is 0 Å². The van der Waals surface area contributed by atoms with Gasteiger partial charge in [0.1, 0.15) is 23.7 Å². The van der Waals surface area contributed by atoms with Gasteiger partial charge in [-0.25, -0.2) is 19.6 Å². The largest absolute Gasteiger partial charge is 0.453 e. The lowest BCUT2D eigenvalue weighted by Crippen LogP contribution is -2.51. The lowest BCUT2D eigenvalue weighted by Gasteiger charge is -2.30. The molecule has 4 atom stereocenters. The average molecular weight is 739 g/mol.